The second kappa shape index (κ2) is 8.78. The summed E-state index contributed by atoms with van der Waals surface area (Å²) in [5, 5.41) is 3.92. The highest BCUT2D eigenvalue weighted by Crippen LogP contribution is 2.32. The van der Waals surface area contributed by atoms with Gasteiger partial charge in [-0.1, -0.05) is 45.5 Å². The van der Waals surface area contributed by atoms with Crippen LogP contribution in [0.25, 0.3) is 10.2 Å². The lowest BCUT2D eigenvalue weighted by Crippen LogP contribution is -3.00. The Morgan fingerprint density at radius 2 is 2.00 bits per heavy atom. The number of halogens is 2. The summed E-state index contributed by atoms with van der Waals surface area (Å²) in [5.74, 6) is 0.804. The van der Waals surface area contributed by atoms with E-state index in [4.69, 9.17) is 4.74 Å². The Balaban J connectivity index is 0.00000225. The molecule has 0 aliphatic heterocycles. The minimum absolute atomic E-state index is 0. The van der Waals surface area contributed by atoms with Crippen molar-refractivity contribution in [1.82, 2.24) is 4.98 Å². The van der Waals surface area contributed by atoms with Gasteiger partial charge in [-0.3, -0.25) is 4.79 Å². The third kappa shape index (κ3) is 4.59. The number of anilines is 1. The van der Waals surface area contributed by atoms with E-state index >= 15 is 0 Å². The Hall–Kier alpha value is -1.44. The standard InChI is InChI=1S/C18H17BrN2O2S.BrH/c1-3-23-14-5-4-6-15-16(14)21-18(24-15)20-11(2)17(22)12-7-9-13(19)10-8-12;/h4-11H,3H2,1-2H3,(H,20,21);1H/p-1. The average molecular weight is 485 g/mol. The maximum Gasteiger partial charge on any atom is 0.184 e. The SMILES string of the molecule is CCOc1cccc2sc(NC(C)C(=O)c3ccc(Br)cc3)nc12.[Br-]. The van der Waals surface area contributed by atoms with E-state index in [1.54, 1.807) is 0 Å². The lowest BCUT2D eigenvalue weighted by Gasteiger charge is -2.11. The molecule has 7 heteroatoms. The van der Waals surface area contributed by atoms with Crippen LogP contribution in [0, 0.1) is 0 Å². The molecule has 0 aliphatic carbocycles. The molecule has 132 valence electrons. The maximum absolute atomic E-state index is 12.5. The Morgan fingerprint density at radius 3 is 2.68 bits per heavy atom. The fourth-order valence-electron chi connectivity index (χ4n) is 2.37. The van der Waals surface area contributed by atoms with Gasteiger partial charge in [0.05, 0.1) is 17.3 Å². The smallest absolute Gasteiger partial charge is 0.184 e. The minimum Gasteiger partial charge on any atom is -1.00 e. The number of nitrogens with one attached hydrogen (secondary N) is 1. The minimum atomic E-state index is -0.359. The molecule has 1 N–H and O–H groups in total. The number of hydrogen-bond acceptors (Lipinski definition) is 5. The van der Waals surface area contributed by atoms with Crippen LogP contribution in [0.5, 0.6) is 5.75 Å². The van der Waals surface area contributed by atoms with E-state index in [1.165, 1.54) is 11.3 Å². The normalized spacial score (nSPS) is 11.6. The van der Waals surface area contributed by atoms with Crippen LogP contribution in [-0.2, 0) is 0 Å². The van der Waals surface area contributed by atoms with Gasteiger partial charge in [-0.15, -0.1) is 0 Å². The molecule has 0 spiro atoms. The van der Waals surface area contributed by atoms with E-state index in [9.17, 15) is 4.79 Å². The highest BCUT2D eigenvalue weighted by molar-refractivity contribution is 9.10. The summed E-state index contributed by atoms with van der Waals surface area (Å²) in [4.78, 5) is 17.1. The molecule has 4 nitrogen and oxygen atoms in total. The molecule has 0 amide bonds. The molecular formula is C18H17Br2N2O2S-. The van der Waals surface area contributed by atoms with Crippen molar-refractivity contribution in [2.75, 3.05) is 11.9 Å². The number of ether oxygens (including phenoxy) is 1. The molecule has 0 radical (unpaired) electrons. The van der Waals surface area contributed by atoms with Crippen molar-refractivity contribution in [2.45, 2.75) is 19.9 Å². The third-order valence-electron chi connectivity index (χ3n) is 3.54. The van der Waals surface area contributed by atoms with Crippen molar-refractivity contribution >= 4 is 48.4 Å². The molecule has 2 aromatic carbocycles. The van der Waals surface area contributed by atoms with Crippen LogP contribution in [0.4, 0.5) is 5.13 Å². The zero-order chi connectivity index (χ0) is 17.1. The van der Waals surface area contributed by atoms with Crippen molar-refractivity contribution in [3.8, 4) is 5.75 Å². The molecular weight excluding hydrogens is 468 g/mol. The summed E-state index contributed by atoms with van der Waals surface area (Å²) in [6.07, 6.45) is 0. The van der Waals surface area contributed by atoms with E-state index in [1.807, 2.05) is 56.3 Å². The maximum atomic E-state index is 12.5. The van der Waals surface area contributed by atoms with Crippen LogP contribution in [0.2, 0.25) is 0 Å². The number of thiazole rings is 1. The van der Waals surface area contributed by atoms with Gasteiger partial charge in [-0.05, 0) is 38.1 Å². The van der Waals surface area contributed by atoms with Crippen molar-refractivity contribution in [3.05, 3.63) is 52.5 Å². The van der Waals surface area contributed by atoms with Crippen LogP contribution in [0.1, 0.15) is 24.2 Å². The topological polar surface area (TPSA) is 51.2 Å². The summed E-state index contributed by atoms with van der Waals surface area (Å²) in [5.41, 5.74) is 1.50. The molecule has 3 rings (SSSR count). The first-order valence-corrected chi connectivity index (χ1v) is 9.28. The monoisotopic (exact) mass is 483 g/mol. The first-order valence-electron chi connectivity index (χ1n) is 7.67. The van der Waals surface area contributed by atoms with E-state index in [2.05, 4.69) is 26.2 Å². The fourth-order valence-corrected chi connectivity index (χ4v) is 3.61. The molecule has 0 saturated carbocycles. The van der Waals surface area contributed by atoms with Gasteiger partial charge in [-0.25, -0.2) is 4.98 Å². The van der Waals surface area contributed by atoms with Crippen molar-refractivity contribution < 1.29 is 26.5 Å². The molecule has 0 fully saturated rings. The predicted octanol–water partition coefficient (Wildman–Crippen LogP) is 2.14. The van der Waals surface area contributed by atoms with Crippen LogP contribution >= 0.6 is 27.3 Å². The Kier molecular flexibility index (Phi) is 6.98. The molecule has 0 saturated heterocycles. The van der Waals surface area contributed by atoms with Crippen LogP contribution in [-0.4, -0.2) is 23.4 Å². The van der Waals surface area contributed by atoms with Gasteiger partial charge in [0.2, 0.25) is 0 Å². The third-order valence-corrected chi connectivity index (χ3v) is 5.02. The zero-order valence-corrected chi connectivity index (χ0v) is 17.7. The molecule has 1 unspecified atom stereocenters. The van der Waals surface area contributed by atoms with Gasteiger partial charge in [-0.2, -0.15) is 0 Å². The first-order chi connectivity index (χ1) is 11.6. The number of ketones is 1. The Labute approximate surface area is 169 Å². The molecule has 1 aromatic heterocycles. The number of hydrogen-bond donors (Lipinski definition) is 1. The highest BCUT2D eigenvalue weighted by Gasteiger charge is 2.17. The molecule has 3 aromatic rings. The molecule has 1 atom stereocenters. The number of para-hydroxylation sites is 1. The van der Waals surface area contributed by atoms with Gasteiger partial charge in [0.25, 0.3) is 0 Å². The number of carbonyl (C=O) groups excluding carboxylic acids is 1. The predicted molar refractivity (Wildman–Crippen MR) is 102 cm³/mol. The number of fused-ring (bicyclic) bond motifs is 1. The van der Waals surface area contributed by atoms with Crippen molar-refractivity contribution in [3.63, 3.8) is 0 Å². The summed E-state index contributed by atoms with van der Waals surface area (Å²) >= 11 is 4.90. The molecule has 0 aliphatic rings. The van der Waals surface area contributed by atoms with E-state index in [-0.39, 0.29) is 28.8 Å². The summed E-state index contributed by atoms with van der Waals surface area (Å²) in [6, 6.07) is 12.9. The number of benzene rings is 2. The van der Waals surface area contributed by atoms with Gasteiger partial charge in [0.15, 0.2) is 10.9 Å². The molecule has 25 heavy (non-hydrogen) atoms. The van der Waals surface area contributed by atoms with Gasteiger partial charge in [0.1, 0.15) is 11.3 Å². The number of rotatable bonds is 6. The van der Waals surface area contributed by atoms with Crippen molar-refractivity contribution in [1.29, 1.82) is 0 Å². The lowest BCUT2D eigenvalue weighted by molar-refractivity contribution is -0.0000126. The number of Topliss-reactive ketones (excluding diaryl/α,β-unsaturated/α-hetero) is 1. The van der Waals surface area contributed by atoms with Crippen LogP contribution in [0.3, 0.4) is 0 Å². The number of nitrogens with zero attached hydrogens (tertiary/aromatic N) is 1. The molecule has 0 bridgehead atoms. The van der Waals surface area contributed by atoms with Gasteiger partial charge in [0, 0.05) is 10.0 Å². The van der Waals surface area contributed by atoms with E-state index < -0.39 is 0 Å². The average Bonchev–Trinajstić information content (AvgIpc) is 2.98. The molecule has 1 heterocycles. The second-order valence-electron chi connectivity index (χ2n) is 5.29. The van der Waals surface area contributed by atoms with Gasteiger partial charge < -0.3 is 27.0 Å². The van der Waals surface area contributed by atoms with E-state index in [0.29, 0.717) is 12.2 Å². The quantitative estimate of drug-likeness (QED) is 0.544. The zero-order valence-electron chi connectivity index (χ0n) is 13.8. The number of carbonyl (C=O) groups is 1. The van der Waals surface area contributed by atoms with Crippen LogP contribution < -0.4 is 27.0 Å². The van der Waals surface area contributed by atoms with Crippen LogP contribution in [0.15, 0.2) is 46.9 Å². The first kappa shape index (κ1) is 19.9. The summed E-state index contributed by atoms with van der Waals surface area (Å²) in [7, 11) is 0. The lowest BCUT2D eigenvalue weighted by atomic mass is 10.1. The number of aromatic nitrogens is 1. The summed E-state index contributed by atoms with van der Waals surface area (Å²) in [6.45, 7) is 4.39. The summed E-state index contributed by atoms with van der Waals surface area (Å²) < 4.78 is 7.60. The largest absolute Gasteiger partial charge is 1.00 e. The van der Waals surface area contributed by atoms with Crippen molar-refractivity contribution in [2.24, 2.45) is 0 Å². The van der Waals surface area contributed by atoms with E-state index in [0.717, 1.165) is 25.6 Å². The van der Waals surface area contributed by atoms with Gasteiger partial charge >= 0.3 is 0 Å². The highest BCUT2D eigenvalue weighted by atomic mass is 79.9. The fraction of sp³-hybridized carbons (Fsp3) is 0.222. The Bertz CT molecular complexity index is 865. The second-order valence-corrected chi connectivity index (χ2v) is 7.24. The Morgan fingerprint density at radius 1 is 1.28 bits per heavy atom.